The van der Waals surface area contributed by atoms with Crippen LogP contribution in [0.4, 0.5) is 0 Å². The van der Waals surface area contributed by atoms with Crippen LogP contribution in [0, 0.1) is 0 Å². The van der Waals surface area contributed by atoms with E-state index < -0.39 is 0 Å². The second kappa shape index (κ2) is 11.6. The minimum Gasteiger partial charge on any atom is -0.493 e. The molecule has 6 heteroatoms. The summed E-state index contributed by atoms with van der Waals surface area (Å²) in [5, 5.41) is 6.71. The Hall–Kier alpha value is -1.95. The Balaban J connectivity index is 2.49. The van der Waals surface area contributed by atoms with Crippen molar-refractivity contribution in [1.29, 1.82) is 0 Å². The molecule has 0 aliphatic heterocycles. The molecule has 1 aromatic carbocycles. The topological polar surface area (TPSA) is 58.1 Å². The van der Waals surface area contributed by atoms with Crippen molar-refractivity contribution in [2.45, 2.75) is 52.7 Å². The number of methoxy groups -OCH3 is 2. The molecule has 0 bridgehead atoms. The van der Waals surface area contributed by atoms with E-state index in [1.54, 1.807) is 21.3 Å². The normalized spacial score (nSPS) is 12.0. The van der Waals surface area contributed by atoms with Gasteiger partial charge in [0.15, 0.2) is 17.5 Å². The molecule has 0 aliphatic carbocycles. The number of hydrogen-bond donors (Lipinski definition) is 2. The average molecular weight is 365 g/mol. The fourth-order valence-corrected chi connectivity index (χ4v) is 3.07. The molecule has 6 nitrogen and oxygen atoms in total. The van der Waals surface area contributed by atoms with E-state index in [9.17, 15) is 0 Å². The van der Waals surface area contributed by atoms with Crippen molar-refractivity contribution < 1.29 is 9.47 Å². The molecular formula is C20H36N4O2. The first-order valence-corrected chi connectivity index (χ1v) is 9.34. The monoisotopic (exact) mass is 364 g/mol. The average Bonchev–Trinajstić information content (AvgIpc) is 2.62. The summed E-state index contributed by atoms with van der Waals surface area (Å²) >= 11 is 0. The second-order valence-corrected chi connectivity index (χ2v) is 6.78. The fourth-order valence-electron chi connectivity index (χ4n) is 3.07. The molecule has 0 unspecified atom stereocenters. The molecule has 0 spiro atoms. The molecule has 0 fully saturated rings. The SMILES string of the molecule is CN=C(NCCCN(C(C)C)C(C)C)NCc1cccc(OC)c1OC. The van der Waals surface area contributed by atoms with Crippen molar-refractivity contribution in [3.05, 3.63) is 23.8 Å². The predicted octanol–water partition coefficient (Wildman–Crippen LogP) is 2.88. The number of guanidine groups is 1. The Morgan fingerprint density at radius 2 is 1.77 bits per heavy atom. The summed E-state index contributed by atoms with van der Waals surface area (Å²) in [5.41, 5.74) is 1.03. The highest BCUT2D eigenvalue weighted by molar-refractivity contribution is 5.79. The van der Waals surface area contributed by atoms with Gasteiger partial charge in [-0.1, -0.05) is 12.1 Å². The molecule has 0 saturated carbocycles. The number of hydrogen-bond acceptors (Lipinski definition) is 4. The van der Waals surface area contributed by atoms with Crippen molar-refractivity contribution in [2.75, 3.05) is 34.4 Å². The van der Waals surface area contributed by atoms with Gasteiger partial charge in [0, 0.05) is 44.3 Å². The largest absolute Gasteiger partial charge is 0.493 e. The zero-order chi connectivity index (χ0) is 19.5. The number of ether oxygens (including phenoxy) is 2. The fraction of sp³-hybridized carbons (Fsp3) is 0.650. The zero-order valence-electron chi connectivity index (χ0n) is 17.4. The summed E-state index contributed by atoms with van der Waals surface area (Å²) in [7, 11) is 5.09. The van der Waals surface area contributed by atoms with Crippen LogP contribution in [-0.2, 0) is 6.54 Å². The molecule has 0 aromatic heterocycles. The lowest BCUT2D eigenvalue weighted by atomic mass is 10.2. The van der Waals surface area contributed by atoms with E-state index in [0.717, 1.165) is 42.5 Å². The highest BCUT2D eigenvalue weighted by atomic mass is 16.5. The molecule has 2 N–H and O–H groups in total. The van der Waals surface area contributed by atoms with Gasteiger partial charge in [0.05, 0.1) is 14.2 Å². The van der Waals surface area contributed by atoms with E-state index in [1.165, 1.54) is 0 Å². The molecule has 0 radical (unpaired) electrons. The number of rotatable bonds is 10. The van der Waals surface area contributed by atoms with Gasteiger partial charge in [-0.25, -0.2) is 0 Å². The molecule has 0 aliphatic rings. The molecule has 0 heterocycles. The predicted molar refractivity (Wildman–Crippen MR) is 109 cm³/mol. The van der Waals surface area contributed by atoms with Crippen LogP contribution in [0.25, 0.3) is 0 Å². The summed E-state index contributed by atoms with van der Waals surface area (Å²) < 4.78 is 10.8. The maximum atomic E-state index is 5.47. The summed E-state index contributed by atoms with van der Waals surface area (Å²) in [5.74, 6) is 2.27. The van der Waals surface area contributed by atoms with Gasteiger partial charge in [-0.15, -0.1) is 0 Å². The zero-order valence-corrected chi connectivity index (χ0v) is 17.4. The van der Waals surface area contributed by atoms with Crippen LogP contribution in [-0.4, -0.2) is 57.3 Å². The van der Waals surface area contributed by atoms with Crippen LogP contribution in [0.3, 0.4) is 0 Å². The lowest BCUT2D eigenvalue weighted by Crippen LogP contribution is -2.41. The minimum absolute atomic E-state index is 0.563. The van der Waals surface area contributed by atoms with Gasteiger partial charge >= 0.3 is 0 Å². The lowest BCUT2D eigenvalue weighted by Gasteiger charge is -2.30. The first kappa shape index (κ1) is 22.1. The van der Waals surface area contributed by atoms with E-state index in [2.05, 4.69) is 48.2 Å². The molecule has 0 saturated heterocycles. The van der Waals surface area contributed by atoms with Crippen LogP contribution in [0.15, 0.2) is 23.2 Å². The van der Waals surface area contributed by atoms with Crippen molar-refractivity contribution in [3.8, 4) is 11.5 Å². The van der Waals surface area contributed by atoms with Gasteiger partial charge in [0.1, 0.15) is 0 Å². The number of benzene rings is 1. The molecule has 1 aromatic rings. The van der Waals surface area contributed by atoms with Crippen LogP contribution in [0.2, 0.25) is 0 Å². The Labute approximate surface area is 159 Å². The van der Waals surface area contributed by atoms with Gasteiger partial charge in [0.25, 0.3) is 0 Å². The summed E-state index contributed by atoms with van der Waals surface area (Å²) in [4.78, 5) is 6.80. The molecular weight excluding hydrogens is 328 g/mol. The van der Waals surface area contributed by atoms with Gasteiger partial charge < -0.3 is 20.1 Å². The third-order valence-corrected chi connectivity index (χ3v) is 4.37. The van der Waals surface area contributed by atoms with Gasteiger partial charge in [-0.3, -0.25) is 9.89 Å². The Morgan fingerprint density at radius 3 is 2.31 bits per heavy atom. The van der Waals surface area contributed by atoms with E-state index in [1.807, 2.05) is 18.2 Å². The first-order valence-electron chi connectivity index (χ1n) is 9.34. The minimum atomic E-state index is 0.563. The highest BCUT2D eigenvalue weighted by Gasteiger charge is 2.13. The molecule has 0 amide bonds. The summed E-state index contributed by atoms with van der Waals surface area (Å²) in [6.07, 6.45) is 1.07. The number of nitrogens with zero attached hydrogens (tertiary/aromatic N) is 2. The Kier molecular flexibility index (Phi) is 9.88. The van der Waals surface area contributed by atoms with Crippen LogP contribution in [0.1, 0.15) is 39.7 Å². The Morgan fingerprint density at radius 1 is 1.08 bits per heavy atom. The quantitative estimate of drug-likeness (QED) is 0.380. The van der Waals surface area contributed by atoms with Gasteiger partial charge in [-0.05, 0) is 40.2 Å². The second-order valence-electron chi connectivity index (χ2n) is 6.78. The number of nitrogens with one attached hydrogen (secondary N) is 2. The third-order valence-electron chi connectivity index (χ3n) is 4.37. The van der Waals surface area contributed by atoms with Crippen molar-refractivity contribution >= 4 is 5.96 Å². The first-order chi connectivity index (χ1) is 12.4. The summed E-state index contributed by atoms with van der Waals surface area (Å²) in [6.45, 7) is 11.5. The Bertz CT molecular complexity index is 551. The van der Waals surface area contributed by atoms with E-state index in [0.29, 0.717) is 18.6 Å². The number of para-hydroxylation sites is 1. The third kappa shape index (κ3) is 6.75. The van der Waals surface area contributed by atoms with Crippen LogP contribution < -0.4 is 20.1 Å². The smallest absolute Gasteiger partial charge is 0.191 e. The van der Waals surface area contributed by atoms with E-state index in [-0.39, 0.29) is 0 Å². The standard InChI is InChI=1S/C20H36N4O2/c1-15(2)24(16(3)4)13-9-12-22-20(21-5)23-14-17-10-8-11-18(25-6)19(17)26-7/h8,10-11,15-16H,9,12-14H2,1-7H3,(H2,21,22,23). The van der Waals surface area contributed by atoms with E-state index >= 15 is 0 Å². The van der Waals surface area contributed by atoms with Crippen LogP contribution >= 0.6 is 0 Å². The van der Waals surface area contributed by atoms with Gasteiger partial charge in [0.2, 0.25) is 0 Å². The maximum Gasteiger partial charge on any atom is 0.191 e. The summed E-state index contributed by atoms with van der Waals surface area (Å²) in [6, 6.07) is 7.00. The molecule has 26 heavy (non-hydrogen) atoms. The highest BCUT2D eigenvalue weighted by Crippen LogP contribution is 2.30. The molecule has 148 valence electrons. The maximum absolute atomic E-state index is 5.47. The molecule has 1 rings (SSSR count). The van der Waals surface area contributed by atoms with Crippen molar-refractivity contribution in [3.63, 3.8) is 0 Å². The molecule has 0 atom stereocenters. The van der Waals surface area contributed by atoms with Crippen molar-refractivity contribution in [2.24, 2.45) is 4.99 Å². The van der Waals surface area contributed by atoms with Crippen molar-refractivity contribution in [1.82, 2.24) is 15.5 Å². The van der Waals surface area contributed by atoms with Gasteiger partial charge in [-0.2, -0.15) is 0 Å². The van der Waals surface area contributed by atoms with E-state index in [4.69, 9.17) is 9.47 Å². The number of aliphatic imine (C=N–C) groups is 1. The van der Waals surface area contributed by atoms with Crippen LogP contribution in [0.5, 0.6) is 11.5 Å². The lowest BCUT2D eigenvalue weighted by molar-refractivity contribution is 0.173.